The van der Waals surface area contributed by atoms with E-state index < -0.39 is 0 Å². The lowest BCUT2D eigenvalue weighted by molar-refractivity contribution is 1.14. The highest BCUT2D eigenvalue weighted by atomic mass is 13.9. The lowest BCUT2D eigenvalue weighted by Crippen LogP contribution is -1.73. The smallest absolute Gasteiger partial charge is 0.0313 e. The SMILES string of the molecule is [2H][C@@H](C)c1ccccc1. The van der Waals surface area contributed by atoms with E-state index in [-0.39, 0.29) is 6.40 Å². The Labute approximate surface area is 51.6 Å². The van der Waals surface area contributed by atoms with E-state index in [1.54, 1.807) is 0 Å². The minimum absolute atomic E-state index is 0.0915. The molecule has 1 aromatic carbocycles. The zero-order chi connectivity index (χ0) is 6.69. The van der Waals surface area contributed by atoms with Crippen molar-refractivity contribution >= 4 is 0 Å². The van der Waals surface area contributed by atoms with Crippen LogP contribution in [-0.2, 0) is 6.40 Å². The van der Waals surface area contributed by atoms with Gasteiger partial charge in [0.25, 0.3) is 0 Å². The van der Waals surface area contributed by atoms with E-state index in [4.69, 9.17) is 1.37 Å². The molecule has 0 fully saturated rings. The van der Waals surface area contributed by atoms with Crippen LogP contribution in [0.5, 0.6) is 0 Å². The summed E-state index contributed by atoms with van der Waals surface area (Å²) >= 11 is 0. The maximum Gasteiger partial charge on any atom is 0.0313 e. The fourth-order valence-corrected chi connectivity index (χ4v) is 0.645. The Hall–Kier alpha value is -0.780. The molecule has 1 atom stereocenters. The van der Waals surface area contributed by atoms with Crippen molar-refractivity contribution < 1.29 is 1.37 Å². The van der Waals surface area contributed by atoms with Crippen LogP contribution in [0.15, 0.2) is 30.3 Å². The number of rotatable bonds is 1. The largest absolute Gasteiger partial charge is 0.0622 e. The van der Waals surface area contributed by atoms with Crippen molar-refractivity contribution in [1.29, 1.82) is 0 Å². The van der Waals surface area contributed by atoms with Crippen molar-refractivity contribution in [2.24, 2.45) is 0 Å². The maximum atomic E-state index is 7.32. The molecule has 0 nitrogen and oxygen atoms in total. The van der Waals surface area contributed by atoms with E-state index in [0.717, 1.165) is 5.56 Å². The van der Waals surface area contributed by atoms with E-state index in [1.807, 2.05) is 37.3 Å². The quantitative estimate of drug-likeness (QED) is 0.516. The second kappa shape index (κ2) is 2.51. The molecule has 0 N–H and O–H groups in total. The molecule has 1 aromatic rings. The fourth-order valence-electron chi connectivity index (χ4n) is 0.645. The molecule has 0 spiro atoms. The first-order valence-corrected chi connectivity index (χ1v) is 2.78. The summed E-state index contributed by atoms with van der Waals surface area (Å²) in [4.78, 5) is 0. The molecule has 0 bridgehead atoms. The minimum atomic E-state index is -0.0915. The lowest BCUT2D eigenvalue weighted by atomic mass is 10.2. The van der Waals surface area contributed by atoms with E-state index in [2.05, 4.69) is 0 Å². The number of aryl methyl sites for hydroxylation is 1. The summed E-state index contributed by atoms with van der Waals surface area (Å²) in [7, 11) is 0. The van der Waals surface area contributed by atoms with Crippen LogP contribution in [0, 0.1) is 0 Å². The van der Waals surface area contributed by atoms with Gasteiger partial charge in [-0.05, 0) is 12.0 Å². The number of benzene rings is 1. The molecule has 1 rings (SSSR count). The van der Waals surface area contributed by atoms with Gasteiger partial charge in [-0.1, -0.05) is 37.3 Å². The van der Waals surface area contributed by atoms with Crippen LogP contribution in [0.4, 0.5) is 0 Å². The Bertz CT molecular complexity index is 167. The van der Waals surface area contributed by atoms with Gasteiger partial charge in [-0.2, -0.15) is 0 Å². The number of hydrogen-bond donors (Lipinski definition) is 0. The van der Waals surface area contributed by atoms with Gasteiger partial charge in [0.2, 0.25) is 0 Å². The number of hydrogen-bond acceptors (Lipinski definition) is 0. The maximum absolute atomic E-state index is 7.32. The van der Waals surface area contributed by atoms with Gasteiger partial charge in [0.15, 0.2) is 0 Å². The molecule has 0 aliphatic rings. The van der Waals surface area contributed by atoms with Crippen LogP contribution in [-0.4, -0.2) is 0 Å². The van der Waals surface area contributed by atoms with E-state index >= 15 is 0 Å². The molecular formula is C8H10. The Kier molecular flexibility index (Phi) is 1.30. The lowest BCUT2D eigenvalue weighted by Gasteiger charge is -1.89. The molecule has 0 aliphatic heterocycles. The van der Waals surface area contributed by atoms with Crippen molar-refractivity contribution in [3.8, 4) is 0 Å². The second-order valence-electron chi connectivity index (χ2n) is 1.70. The van der Waals surface area contributed by atoms with Crippen LogP contribution >= 0.6 is 0 Å². The summed E-state index contributed by atoms with van der Waals surface area (Å²) in [5.74, 6) is 0. The predicted molar refractivity (Wildman–Crippen MR) is 35.8 cm³/mol. The normalized spacial score (nSPS) is 14.9. The Morgan fingerprint density at radius 2 is 2.00 bits per heavy atom. The molecule has 0 radical (unpaired) electrons. The third kappa shape index (κ3) is 1.09. The molecule has 0 aliphatic carbocycles. The van der Waals surface area contributed by atoms with E-state index in [1.165, 1.54) is 0 Å². The second-order valence-corrected chi connectivity index (χ2v) is 1.70. The first-order chi connectivity index (χ1) is 4.30. The summed E-state index contributed by atoms with van der Waals surface area (Å²) in [5, 5.41) is 0. The van der Waals surface area contributed by atoms with E-state index in [9.17, 15) is 0 Å². The van der Waals surface area contributed by atoms with Gasteiger partial charge < -0.3 is 0 Å². The molecule has 0 saturated heterocycles. The highest BCUT2D eigenvalue weighted by molar-refractivity contribution is 5.13. The zero-order valence-electron chi connectivity index (χ0n) is 5.96. The van der Waals surface area contributed by atoms with Gasteiger partial charge in [0, 0.05) is 1.37 Å². The van der Waals surface area contributed by atoms with Crippen LogP contribution in [0.3, 0.4) is 0 Å². The summed E-state index contributed by atoms with van der Waals surface area (Å²) in [6.07, 6.45) is -0.0915. The minimum Gasteiger partial charge on any atom is -0.0622 e. The third-order valence-electron chi connectivity index (χ3n) is 1.13. The van der Waals surface area contributed by atoms with Gasteiger partial charge in [-0.3, -0.25) is 0 Å². The van der Waals surface area contributed by atoms with Gasteiger partial charge in [0.05, 0.1) is 0 Å². The Morgan fingerprint density at radius 1 is 1.38 bits per heavy atom. The van der Waals surface area contributed by atoms with Gasteiger partial charge >= 0.3 is 0 Å². The van der Waals surface area contributed by atoms with Crippen LogP contribution < -0.4 is 0 Å². The Morgan fingerprint density at radius 3 is 2.38 bits per heavy atom. The molecule has 0 amide bonds. The van der Waals surface area contributed by atoms with Crippen LogP contribution in [0.2, 0.25) is 0 Å². The van der Waals surface area contributed by atoms with Crippen molar-refractivity contribution in [1.82, 2.24) is 0 Å². The van der Waals surface area contributed by atoms with E-state index in [0.29, 0.717) is 0 Å². The molecule has 8 heavy (non-hydrogen) atoms. The molecule has 0 saturated carbocycles. The monoisotopic (exact) mass is 107 g/mol. The molecule has 0 unspecified atom stereocenters. The molecule has 0 heteroatoms. The van der Waals surface area contributed by atoms with Crippen molar-refractivity contribution in [2.75, 3.05) is 0 Å². The summed E-state index contributed by atoms with van der Waals surface area (Å²) in [5.41, 5.74) is 1.08. The third-order valence-corrected chi connectivity index (χ3v) is 1.13. The first kappa shape index (κ1) is 4.13. The fraction of sp³-hybridized carbons (Fsp3) is 0.250. The molecule has 0 heterocycles. The van der Waals surface area contributed by atoms with Gasteiger partial charge in [0.1, 0.15) is 0 Å². The van der Waals surface area contributed by atoms with Crippen molar-refractivity contribution in [2.45, 2.75) is 13.3 Å². The van der Waals surface area contributed by atoms with Crippen LogP contribution in [0.25, 0.3) is 0 Å². The van der Waals surface area contributed by atoms with Crippen molar-refractivity contribution in [3.63, 3.8) is 0 Å². The topological polar surface area (TPSA) is 0 Å². The van der Waals surface area contributed by atoms with Gasteiger partial charge in [-0.25, -0.2) is 0 Å². The molecule has 0 aromatic heterocycles. The summed E-state index contributed by atoms with van der Waals surface area (Å²) < 4.78 is 7.32. The van der Waals surface area contributed by atoms with Crippen LogP contribution in [0.1, 0.15) is 13.9 Å². The van der Waals surface area contributed by atoms with Gasteiger partial charge in [-0.15, -0.1) is 0 Å². The van der Waals surface area contributed by atoms with Crippen molar-refractivity contribution in [3.05, 3.63) is 35.9 Å². The summed E-state index contributed by atoms with van der Waals surface area (Å²) in [6.45, 7) is 1.87. The molecule has 42 valence electrons. The first-order valence-electron chi connectivity index (χ1n) is 3.35. The standard InChI is InChI=1S/C8H10/c1-2-8-6-4-3-5-7-8/h3-7H,2H2,1H3/i2D/t2-/m0/s1. The summed E-state index contributed by atoms with van der Waals surface area (Å²) in [6, 6.07) is 9.82. The zero-order valence-corrected chi connectivity index (χ0v) is 4.96. The highest BCUT2D eigenvalue weighted by Gasteiger charge is 1.79. The highest BCUT2D eigenvalue weighted by Crippen LogP contribution is 1.96. The predicted octanol–water partition coefficient (Wildman–Crippen LogP) is 2.25. The average Bonchev–Trinajstić information content (AvgIpc) is 1.90. The Balaban J connectivity index is 2.85. The average molecular weight is 107 g/mol. The molecular weight excluding hydrogens is 96.1 g/mol.